The van der Waals surface area contributed by atoms with Gasteiger partial charge in [0.15, 0.2) is 11.6 Å². The lowest BCUT2D eigenvalue weighted by Crippen LogP contribution is -2.46. The Labute approximate surface area is 382 Å². The molecule has 0 bridgehead atoms. The molecule has 6 rings (SSSR count). The van der Waals surface area contributed by atoms with Gasteiger partial charge in [-0.05, 0) is 106 Å². The zero-order chi connectivity index (χ0) is 46.6. The molecule has 5 aromatic rings. The first kappa shape index (κ1) is 48.6. The van der Waals surface area contributed by atoms with E-state index in [1.54, 1.807) is 12.1 Å². The number of benzene rings is 4. The van der Waals surface area contributed by atoms with Crippen LogP contribution in [0.3, 0.4) is 0 Å². The molecule has 1 N–H and O–H groups in total. The number of rotatable bonds is 20. The van der Waals surface area contributed by atoms with Crippen molar-refractivity contribution in [3.8, 4) is 28.1 Å². The fraction of sp³-hybridized carbons (Fsp3) is 0.415. The van der Waals surface area contributed by atoms with Crippen LogP contribution in [0.4, 0.5) is 9.18 Å². The summed E-state index contributed by atoms with van der Waals surface area (Å²) < 4.78 is 51.7. The molecule has 1 fully saturated rings. The molecule has 4 aromatic carbocycles. The van der Waals surface area contributed by atoms with Gasteiger partial charge in [0.25, 0.3) is 0 Å². The Morgan fingerprint density at radius 1 is 0.815 bits per heavy atom. The first-order chi connectivity index (χ1) is 31.0. The average Bonchev–Trinajstić information content (AvgIpc) is 3.60. The van der Waals surface area contributed by atoms with Gasteiger partial charge in [0.2, 0.25) is 0 Å². The fourth-order valence-electron chi connectivity index (χ4n) is 8.21. The molecule has 0 spiro atoms. The van der Waals surface area contributed by atoms with Gasteiger partial charge in [0, 0.05) is 42.8 Å². The second-order valence-corrected chi connectivity index (χ2v) is 18.1. The van der Waals surface area contributed by atoms with Crippen LogP contribution in [0, 0.1) is 5.82 Å². The third-order valence-electron chi connectivity index (χ3n) is 10.7. The number of hydrogen-bond acceptors (Lipinski definition) is 9. The number of ether oxygens (including phenoxy) is 6. The molecular weight excluding hydrogens is 828 g/mol. The van der Waals surface area contributed by atoms with Crippen LogP contribution in [-0.2, 0) is 48.1 Å². The van der Waals surface area contributed by atoms with E-state index in [0.717, 1.165) is 39.2 Å². The highest BCUT2D eigenvalue weighted by Crippen LogP contribution is 2.43. The molecule has 0 radical (unpaired) electrons. The number of ketones is 1. The van der Waals surface area contributed by atoms with Crippen LogP contribution in [-0.4, -0.2) is 72.4 Å². The average molecular weight is 891 g/mol. The highest BCUT2D eigenvalue weighted by atomic mass is 19.1. The van der Waals surface area contributed by atoms with Gasteiger partial charge < -0.3 is 38.3 Å². The molecule has 11 nitrogen and oxygen atoms in total. The molecule has 2 heterocycles. The van der Waals surface area contributed by atoms with E-state index < -0.39 is 23.6 Å². The van der Waals surface area contributed by atoms with E-state index in [2.05, 4.69) is 23.7 Å². The fourth-order valence-corrected chi connectivity index (χ4v) is 8.21. The summed E-state index contributed by atoms with van der Waals surface area (Å²) in [5.74, 6) is -1.09. The molecule has 1 aliphatic heterocycles. The minimum Gasteiger partial charge on any atom is -0.491 e. The van der Waals surface area contributed by atoms with Crippen molar-refractivity contribution in [1.29, 1.82) is 0 Å². The van der Waals surface area contributed by atoms with Crippen molar-refractivity contribution in [3.63, 3.8) is 0 Å². The zero-order valence-corrected chi connectivity index (χ0v) is 38.7. The van der Waals surface area contributed by atoms with E-state index in [9.17, 15) is 18.8 Å². The smallest absolute Gasteiger partial charge is 0.407 e. The van der Waals surface area contributed by atoms with E-state index in [1.165, 1.54) is 12.1 Å². The lowest BCUT2D eigenvalue weighted by Gasteiger charge is -2.41. The Balaban J connectivity index is 1.17. The molecule has 2 atom stereocenters. The lowest BCUT2D eigenvalue weighted by molar-refractivity contribution is -0.301. The summed E-state index contributed by atoms with van der Waals surface area (Å²) in [5, 5.41) is 2.67. The van der Waals surface area contributed by atoms with E-state index in [0.29, 0.717) is 57.1 Å². The summed E-state index contributed by atoms with van der Waals surface area (Å²) in [4.78, 5) is 39.7. The standard InChI is InChI=1S/C53H63FN2O9/c1-36(2)49-48(45(57)32-37-18-24-42(25-19-37)61-31-30-60-29-27-55-51(59)62-35-38-14-10-8-11-15-38)47(39-16-12-9-13-17-39)50(40-20-22-41(54)23-21-40)56(49)28-26-43-33-44(64-53(6,7)63-43)34-46(58)65-52(3,4)5/h8-25,36,43-44H,26-35H2,1-7H3,(H,55,59)/t43-,44-/m1/s1. The van der Waals surface area contributed by atoms with Gasteiger partial charge in [-0.2, -0.15) is 0 Å². The predicted octanol–water partition coefficient (Wildman–Crippen LogP) is 10.9. The molecule has 0 aliphatic carbocycles. The summed E-state index contributed by atoms with van der Waals surface area (Å²) in [6, 6.07) is 33.2. The number of Topliss-reactive ketones (excluding diaryl/α,β-unsaturated/α-hetero) is 1. The van der Waals surface area contributed by atoms with Crippen LogP contribution in [0.25, 0.3) is 22.4 Å². The number of halogens is 1. The van der Waals surface area contributed by atoms with Gasteiger partial charge in [-0.25, -0.2) is 9.18 Å². The van der Waals surface area contributed by atoms with Crippen LogP contribution < -0.4 is 10.1 Å². The van der Waals surface area contributed by atoms with E-state index in [1.807, 2.05) is 120 Å². The van der Waals surface area contributed by atoms with Crippen molar-refractivity contribution >= 4 is 17.8 Å². The summed E-state index contributed by atoms with van der Waals surface area (Å²) in [5.41, 5.74) is 5.90. The number of carbonyl (C=O) groups excluding carboxylic acids is 3. The highest BCUT2D eigenvalue weighted by molar-refractivity contribution is 6.08. The van der Waals surface area contributed by atoms with Crippen molar-refractivity contribution < 1.29 is 47.2 Å². The van der Waals surface area contributed by atoms with Gasteiger partial charge in [-0.15, -0.1) is 0 Å². The third kappa shape index (κ3) is 14.3. The van der Waals surface area contributed by atoms with E-state index in [4.69, 9.17) is 28.4 Å². The molecule has 346 valence electrons. The number of alkyl carbamates (subject to hydrolysis) is 1. The minimum absolute atomic E-state index is 0.0461. The number of aromatic nitrogens is 1. The number of carbonyl (C=O) groups is 3. The molecule has 0 unspecified atom stereocenters. The summed E-state index contributed by atoms with van der Waals surface area (Å²) in [6.45, 7) is 15.3. The molecule has 1 aliphatic rings. The summed E-state index contributed by atoms with van der Waals surface area (Å²) in [6.07, 6.45) is 0.128. The SMILES string of the molecule is CC(C)c1c(C(=O)Cc2ccc(OCCOCCNC(=O)OCc3ccccc3)cc2)c(-c2ccccc2)c(-c2ccc(F)cc2)n1CC[C@@H]1C[C@H](CC(=O)OC(C)(C)C)OC(C)(C)O1. The lowest BCUT2D eigenvalue weighted by atomic mass is 9.90. The second kappa shape index (κ2) is 22.4. The minimum atomic E-state index is -0.933. The van der Waals surface area contributed by atoms with Crippen LogP contribution >= 0.6 is 0 Å². The summed E-state index contributed by atoms with van der Waals surface area (Å²) >= 11 is 0. The quantitative estimate of drug-likeness (QED) is 0.0462. The maximum atomic E-state index is 14.9. The maximum Gasteiger partial charge on any atom is 0.407 e. The molecule has 0 saturated carbocycles. The third-order valence-corrected chi connectivity index (χ3v) is 10.7. The Morgan fingerprint density at radius 3 is 2.14 bits per heavy atom. The molecule has 1 aromatic heterocycles. The van der Waals surface area contributed by atoms with Crippen molar-refractivity contribution in [2.75, 3.05) is 26.4 Å². The van der Waals surface area contributed by atoms with Crippen molar-refractivity contribution in [3.05, 3.63) is 137 Å². The molecule has 1 saturated heterocycles. The number of nitrogens with zero attached hydrogens (tertiary/aromatic N) is 1. The predicted molar refractivity (Wildman–Crippen MR) is 248 cm³/mol. The molecule has 12 heteroatoms. The molecule has 1 amide bonds. The number of esters is 1. The first-order valence-corrected chi connectivity index (χ1v) is 22.5. The maximum absolute atomic E-state index is 14.9. The van der Waals surface area contributed by atoms with Crippen LogP contribution in [0.15, 0.2) is 109 Å². The van der Waals surface area contributed by atoms with Gasteiger partial charge in [0.1, 0.15) is 30.4 Å². The second-order valence-electron chi connectivity index (χ2n) is 18.1. The zero-order valence-electron chi connectivity index (χ0n) is 38.7. The Bertz CT molecular complexity index is 2320. The highest BCUT2D eigenvalue weighted by Gasteiger charge is 2.38. The van der Waals surface area contributed by atoms with Crippen molar-refractivity contribution in [2.45, 2.75) is 117 Å². The Morgan fingerprint density at radius 2 is 1.48 bits per heavy atom. The Kier molecular flexibility index (Phi) is 16.7. The number of hydrogen-bond donors (Lipinski definition) is 1. The van der Waals surface area contributed by atoms with Gasteiger partial charge >= 0.3 is 12.1 Å². The van der Waals surface area contributed by atoms with Crippen molar-refractivity contribution in [1.82, 2.24) is 9.88 Å². The van der Waals surface area contributed by atoms with Gasteiger partial charge in [-0.1, -0.05) is 86.6 Å². The summed E-state index contributed by atoms with van der Waals surface area (Å²) in [7, 11) is 0. The Hall–Kier alpha value is -5.82. The van der Waals surface area contributed by atoms with Crippen molar-refractivity contribution in [2.24, 2.45) is 0 Å². The van der Waals surface area contributed by atoms with Crippen LogP contribution in [0.5, 0.6) is 5.75 Å². The topological polar surface area (TPSA) is 124 Å². The first-order valence-electron chi connectivity index (χ1n) is 22.5. The number of amides is 1. The largest absolute Gasteiger partial charge is 0.491 e. The monoisotopic (exact) mass is 890 g/mol. The molecular formula is C53H63FN2O9. The normalized spacial score (nSPS) is 16.0. The van der Waals surface area contributed by atoms with Gasteiger partial charge in [-0.3, -0.25) is 9.59 Å². The number of nitrogens with one attached hydrogen (secondary N) is 1. The van der Waals surface area contributed by atoms with Crippen LogP contribution in [0.1, 0.15) is 101 Å². The van der Waals surface area contributed by atoms with Crippen LogP contribution in [0.2, 0.25) is 0 Å². The van der Waals surface area contributed by atoms with Gasteiger partial charge in [0.05, 0.1) is 37.5 Å². The van der Waals surface area contributed by atoms with E-state index >= 15 is 0 Å². The van der Waals surface area contributed by atoms with E-state index in [-0.39, 0.29) is 49.0 Å². The molecule has 65 heavy (non-hydrogen) atoms.